The highest BCUT2D eigenvalue weighted by Gasteiger charge is 1.95. The van der Waals surface area contributed by atoms with Gasteiger partial charge >= 0.3 is 0 Å². The highest BCUT2D eigenvalue weighted by atomic mass is 127. The molecule has 0 aliphatic carbocycles. The summed E-state index contributed by atoms with van der Waals surface area (Å²) in [7, 11) is 0. The van der Waals surface area contributed by atoms with Gasteiger partial charge in [0, 0.05) is 16.7 Å². The van der Waals surface area contributed by atoms with Gasteiger partial charge in [0.2, 0.25) is 0 Å². The predicted molar refractivity (Wildman–Crippen MR) is 137 cm³/mol. The fourth-order valence-electron chi connectivity index (χ4n) is 2.79. The van der Waals surface area contributed by atoms with Gasteiger partial charge in [-0.1, -0.05) is 78.1 Å². The van der Waals surface area contributed by atoms with E-state index in [2.05, 4.69) is 132 Å². The van der Waals surface area contributed by atoms with Crippen molar-refractivity contribution >= 4 is 52.6 Å². The summed E-state index contributed by atoms with van der Waals surface area (Å²) in [6, 6.07) is 25.2. The Morgan fingerprint density at radius 3 is 1.40 bits per heavy atom. The van der Waals surface area contributed by atoms with Crippen molar-refractivity contribution in [2.24, 2.45) is 10.3 Å². The first-order chi connectivity index (χ1) is 14.7. The Balaban J connectivity index is 1.59. The maximum absolute atomic E-state index is 4.28. The number of rotatable bonds is 8. The van der Waals surface area contributed by atoms with E-state index in [1.807, 2.05) is 17.1 Å². The van der Waals surface area contributed by atoms with Gasteiger partial charge in [0.25, 0.3) is 0 Å². The summed E-state index contributed by atoms with van der Waals surface area (Å²) in [5, 5.41) is 10.4. The molecule has 4 heteroatoms. The van der Waals surface area contributed by atoms with Crippen molar-refractivity contribution in [1.29, 1.82) is 0 Å². The molecular weight excluding hydrogens is 481 g/mol. The highest BCUT2D eigenvalue weighted by molar-refractivity contribution is 14.1. The molecule has 0 fully saturated rings. The van der Waals surface area contributed by atoms with Crippen LogP contribution in [0, 0.1) is 3.57 Å². The summed E-state index contributed by atoms with van der Waals surface area (Å²) in [5.74, 6) is 0. The van der Waals surface area contributed by atoms with E-state index in [4.69, 9.17) is 0 Å². The molecule has 0 aliphatic rings. The molecule has 0 aromatic heterocycles. The largest absolute Gasteiger partial charge is 0.279 e. The van der Waals surface area contributed by atoms with Crippen molar-refractivity contribution in [3.05, 3.63) is 98.6 Å². The van der Waals surface area contributed by atoms with Crippen molar-refractivity contribution in [3.63, 3.8) is 0 Å². The van der Waals surface area contributed by atoms with E-state index in [-0.39, 0.29) is 0 Å². The molecule has 152 valence electrons. The van der Waals surface area contributed by atoms with Gasteiger partial charge in [-0.15, -0.1) is 5.11 Å². The van der Waals surface area contributed by atoms with Crippen LogP contribution in [-0.2, 0) is 0 Å². The van der Waals surface area contributed by atoms with Gasteiger partial charge in [-0.2, -0.15) is 0 Å². The summed E-state index contributed by atoms with van der Waals surface area (Å²) >= 11 is 2.32. The number of benzene rings is 3. The van der Waals surface area contributed by atoms with E-state index in [0.29, 0.717) is 0 Å². The van der Waals surface area contributed by atoms with Crippen LogP contribution in [0.1, 0.15) is 36.1 Å². The van der Waals surface area contributed by atoms with Crippen molar-refractivity contribution in [2.45, 2.75) is 13.8 Å². The van der Waals surface area contributed by atoms with E-state index in [0.717, 1.165) is 24.3 Å². The Kier molecular flexibility index (Phi) is 8.39. The Hall–Kier alpha value is -2.73. The summed E-state index contributed by atoms with van der Waals surface area (Å²) < 4.78 is 1.25. The fourth-order valence-corrected chi connectivity index (χ4v) is 3.15. The number of nitrogens with zero attached hydrogens (tertiary/aromatic N) is 3. The van der Waals surface area contributed by atoms with Crippen LogP contribution in [0.15, 0.2) is 83.1 Å². The Morgan fingerprint density at radius 1 is 0.633 bits per heavy atom. The molecule has 0 heterocycles. The molecule has 0 atom stereocenters. The molecule has 0 aliphatic heterocycles. The quantitative estimate of drug-likeness (QED) is 0.132. The lowest BCUT2D eigenvalue weighted by Gasteiger charge is -2.10. The molecule has 0 amide bonds. The monoisotopic (exact) mass is 507 g/mol. The van der Waals surface area contributed by atoms with Gasteiger partial charge in [-0.05, 0) is 83.0 Å². The van der Waals surface area contributed by atoms with E-state index in [1.54, 1.807) is 0 Å². The van der Waals surface area contributed by atoms with Crippen molar-refractivity contribution < 1.29 is 0 Å². The molecule has 0 saturated heterocycles. The van der Waals surface area contributed by atoms with Gasteiger partial charge < -0.3 is 0 Å². The maximum Gasteiger partial charge on any atom is 0.0874 e. The molecule has 0 bridgehead atoms. The molecule has 3 nitrogen and oxygen atoms in total. The SMILES string of the molecule is CCN(CC)N=Nc1ccc(/C=C/c2ccc(/C=C/c3ccc(I)cc3)cc2)cc1. The molecule has 30 heavy (non-hydrogen) atoms. The van der Waals surface area contributed by atoms with Crippen molar-refractivity contribution in [1.82, 2.24) is 5.01 Å². The molecule has 0 radical (unpaired) electrons. The summed E-state index contributed by atoms with van der Waals surface area (Å²) in [6.45, 7) is 5.87. The minimum atomic E-state index is 0.862. The summed E-state index contributed by atoms with van der Waals surface area (Å²) in [5.41, 5.74) is 5.57. The normalized spacial score (nSPS) is 11.7. The first-order valence-corrected chi connectivity index (χ1v) is 11.2. The van der Waals surface area contributed by atoms with Gasteiger partial charge in [0.05, 0.1) is 5.69 Å². The maximum atomic E-state index is 4.28. The summed E-state index contributed by atoms with van der Waals surface area (Å²) in [4.78, 5) is 0. The van der Waals surface area contributed by atoms with Gasteiger partial charge in [0.15, 0.2) is 0 Å². The molecule has 3 aromatic rings. The second kappa shape index (κ2) is 11.5. The zero-order chi connectivity index (χ0) is 21.2. The van der Waals surface area contributed by atoms with Crippen LogP contribution in [0.3, 0.4) is 0 Å². The molecular formula is C26H26IN3. The number of halogens is 1. The van der Waals surface area contributed by atoms with Crippen LogP contribution in [0.25, 0.3) is 24.3 Å². The lowest BCUT2D eigenvalue weighted by atomic mass is 10.1. The third-order valence-electron chi connectivity index (χ3n) is 4.65. The van der Waals surface area contributed by atoms with Crippen LogP contribution >= 0.6 is 22.6 Å². The van der Waals surface area contributed by atoms with E-state index in [9.17, 15) is 0 Å². The highest BCUT2D eigenvalue weighted by Crippen LogP contribution is 2.17. The molecule has 0 spiro atoms. The van der Waals surface area contributed by atoms with Crippen LogP contribution < -0.4 is 0 Å². The van der Waals surface area contributed by atoms with Crippen LogP contribution in [0.5, 0.6) is 0 Å². The smallest absolute Gasteiger partial charge is 0.0874 e. The average Bonchev–Trinajstić information content (AvgIpc) is 2.79. The van der Waals surface area contributed by atoms with Crippen molar-refractivity contribution in [3.8, 4) is 0 Å². The molecule has 3 aromatic carbocycles. The van der Waals surface area contributed by atoms with E-state index < -0.39 is 0 Å². The van der Waals surface area contributed by atoms with Gasteiger partial charge in [0.1, 0.15) is 0 Å². The third kappa shape index (κ3) is 6.95. The molecule has 3 rings (SSSR count). The second-order valence-electron chi connectivity index (χ2n) is 6.80. The summed E-state index contributed by atoms with van der Waals surface area (Å²) in [6.07, 6.45) is 8.52. The van der Waals surface area contributed by atoms with Crippen molar-refractivity contribution in [2.75, 3.05) is 13.1 Å². The fraction of sp³-hybridized carbons (Fsp3) is 0.154. The lowest BCUT2D eigenvalue weighted by molar-refractivity contribution is 0.301. The molecule has 0 N–H and O–H groups in total. The Morgan fingerprint density at radius 2 is 1.00 bits per heavy atom. The minimum Gasteiger partial charge on any atom is -0.279 e. The Bertz CT molecular complexity index is 998. The molecule has 0 saturated carbocycles. The zero-order valence-corrected chi connectivity index (χ0v) is 19.5. The van der Waals surface area contributed by atoms with E-state index in [1.165, 1.54) is 20.3 Å². The van der Waals surface area contributed by atoms with Gasteiger partial charge in [-0.3, -0.25) is 5.01 Å². The van der Waals surface area contributed by atoms with Crippen LogP contribution in [-0.4, -0.2) is 18.1 Å². The number of hydrogen-bond donors (Lipinski definition) is 0. The second-order valence-corrected chi connectivity index (χ2v) is 8.05. The van der Waals surface area contributed by atoms with Crippen LogP contribution in [0.2, 0.25) is 0 Å². The number of hydrogen-bond acceptors (Lipinski definition) is 2. The lowest BCUT2D eigenvalue weighted by Crippen LogP contribution is -2.14. The van der Waals surface area contributed by atoms with Gasteiger partial charge in [-0.25, -0.2) is 0 Å². The first-order valence-electron chi connectivity index (χ1n) is 10.1. The standard InChI is InChI=1S/C26H26IN3/c1-3-30(4-2)29-28-26-19-15-24(16-20-26)12-10-22-7-5-21(6-8-22)9-11-23-13-17-25(27)18-14-23/h5-20H,3-4H2,1-2H3/b11-9+,12-10+,29-28?. The average molecular weight is 507 g/mol. The topological polar surface area (TPSA) is 28.0 Å². The third-order valence-corrected chi connectivity index (χ3v) is 5.37. The molecule has 0 unspecified atom stereocenters. The first kappa shape index (κ1) is 22.0. The minimum absolute atomic E-state index is 0.862. The zero-order valence-electron chi connectivity index (χ0n) is 17.4. The Labute approximate surface area is 193 Å². The van der Waals surface area contributed by atoms with E-state index >= 15 is 0 Å². The van der Waals surface area contributed by atoms with Crippen LogP contribution in [0.4, 0.5) is 5.69 Å². The predicted octanol–water partition coefficient (Wildman–Crippen LogP) is 7.97.